The van der Waals surface area contributed by atoms with Crippen LogP contribution in [0.25, 0.3) is 0 Å². The highest BCUT2D eigenvalue weighted by atomic mass is 16.5. The second-order valence-corrected chi connectivity index (χ2v) is 3.50. The SMILES string of the molecule is CC(OC(C)N(C)CCO)N(C)C. The number of aliphatic hydroxyl groups excluding tert-OH is 1. The maximum Gasteiger partial charge on any atom is 0.109 e. The Kier molecular flexibility index (Phi) is 6.24. The fraction of sp³-hybridized carbons (Fsp3) is 1.00. The van der Waals surface area contributed by atoms with Crippen molar-refractivity contribution < 1.29 is 9.84 Å². The average molecular weight is 190 g/mol. The van der Waals surface area contributed by atoms with Crippen molar-refractivity contribution in [2.75, 3.05) is 34.3 Å². The molecular weight excluding hydrogens is 168 g/mol. The minimum atomic E-state index is 0.0320. The van der Waals surface area contributed by atoms with E-state index in [1.54, 1.807) is 0 Å². The summed E-state index contributed by atoms with van der Waals surface area (Å²) in [5.41, 5.74) is 0. The van der Waals surface area contributed by atoms with E-state index in [1.807, 2.05) is 44.8 Å². The maximum absolute atomic E-state index is 8.72. The van der Waals surface area contributed by atoms with Crippen molar-refractivity contribution in [2.24, 2.45) is 0 Å². The first-order chi connectivity index (χ1) is 5.99. The summed E-state index contributed by atoms with van der Waals surface area (Å²) in [4.78, 5) is 3.98. The van der Waals surface area contributed by atoms with Crippen molar-refractivity contribution in [3.05, 3.63) is 0 Å². The summed E-state index contributed by atoms with van der Waals surface area (Å²) in [6, 6.07) is 0. The first-order valence-corrected chi connectivity index (χ1v) is 4.62. The fourth-order valence-corrected chi connectivity index (χ4v) is 0.850. The lowest BCUT2D eigenvalue weighted by atomic mass is 10.5. The van der Waals surface area contributed by atoms with Gasteiger partial charge >= 0.3 is 0 Å². The molecule has 0 amide bonds. The van der Waals surface area contributed by atoms with Crippen LogP contribution in [0, 0.1) is 0 Å². The number of hydrogen-bond donors (Lipinski definition) is 1. The van der Waals surface area contributed by atoms with E-state index in [0.29, 0.717) is 6.54 Å². The Morgan fingerprint density at radius 2 is 1.69 bits per heavy atom. The van der Waals surface area contributed by atoms with Gasteiger partial charge in [0.2, 0.25) is 0 Å². The molecule has 0 heterocycles. The van der Waals surface area contributed by atoms with Gasteiger partial charge in [0.05, 0.1) is 6.61 Å². The van der Waals surface area contributed by atoms with Crippen molar-refractivity contribution in [3.63, 3.8) is 0 Å². The number of nitrogens with zero attached hydrogens (tertiary/aromatic N) is 2. The molecule has 0 radical (unpaired) electrons. The van der Waals surface area contributed by atoms with Crippen LogP contribution in [0.5, 0.6) is 0 Å². The van der Waals surface area contributed by atoms with Crippen LogP contribution < -0.4 is 0 Å². The summed E-state index contributed by atoms with van der Waals surface area (Å²) >= 11 is 0. The van der Waals surface area contributed by atoms with E-state index in [9.17, 15) is 0 Å². The van der Waals surface area contributed by atoms with E-state index in [0.717, 1.165) is 0 Å². The molecule has 0 aromatic heterocycles. The van der Waals surface area contributed by atoms with Crippen LogP contribution in [-0.4, -0.2) is 61.7 Å². The van der Waals surface area contributed by atoms with E-state index in [-0.39, 0.29) is 19.1 Å². The lowest BCUT2D eigenvalue weighted by molar-refractivity contribution is -0.122. The monoisotopic (exact) mass is 190 g/mol. The number of likely N-dealkylation sites (N-methyl/N-ethyl adjacent to an activating group) is 1. The number of hydrogen-bond acceptors (Lipinski definition) is 4. The van der Waals surface area contributed by atoms with Gasteiger partial charge in [-0.15, -0.1) is 0 Å². The Bertz CT molecular complexity index is 131. The molecule has 13 heavy (non-hydrogen) atoms. The largest absolute Gasteiger partial charge is 0.395 e. The molecule has 0 aliphatic rings. The minimum Gasteiger partial charge on any atom is -0.395 e. The lowest BCUT2D eigenvalue weighted by Gasteiger charge is -2.29. The molecule has 4 heteroatoms. The molecule has 0 aliphatic carbocycles. The van der Waals surface area contributed by atoms with E-state index in [1.165, 1.54) is 0 Å². The molecule has 0 aliphatic heterocycles. The van der Waals surface area contributed by atoms with Crippen LogP contribution in [-0.2, 0) is 4.74 Å². The topological polar surface area (TPSA) is 35.9 Å². The highest BCUT2D eigenvalue weighted by Crippen LogP contribution is 2.03. The quantitative estimate of drug-likeness (QED) is 0.606. The van der Waals surface area contributed by atoms with E-state index in [4.69, 9.17) is 9.84 Å². The van der Waals surface area contributed by atoms with E-state index < -0.39 is 0 Å². The van der Waals surface area contributed by atoms with E-state index in [2.05, 4.69) is 0 Å². The summed E-state index contributed by atoms with van der Waals surface area (Å²) in [7, 11) is 5.89. The van der Waals surface area contributed by atoms with Gasteiger partial charge < -0.3 is 9.84 Å². The molecule has 0 spiro atoms. The van der Waals surface area contributed by atoms with Crippen LogP contribution in [0.4, 0.5) is 0 Å². The van der Waals surface area contributed by atoms with Gasteiger partial charge in [-0.2, -0.15) is 0 Å². The molecule has 80 valence electrons. The van der Waals surface area contributed by atoms with Gasteiger partial charge in [0, 0.05) is 6.54 Å². The molecule has 1 N–H and O–H groups in total. The molecule has 0 saturated carbocycles. The molecule has 2 atom stereocenters. The Labute approximate surface area is 81.1 Å². The molecule has 0 aromatic rings. The molecule has 4 nitrogen and oxygen atoms in total. The van der Waals surface area contributed by atoms with Gasteiger partial charge in [-0.1, -0.05) is 0 Å². The maximum atomic E-state index is 8.72. The van der Waals surface area contributed by atoms with Crippen LogP contribution in [0.3, 0.4) is 0 Å². The van der Waals surface area contributed by atoms with Crippen LogP contribution in [0.15, 0.2) is 0 Å². The third kappa shape index (κ3) is 5.21. The zero-order valence-electron chi connectivity index (χ0n) is 9.32. The van der Waals surface area contributed by atoms with Gasteiger partial charge in [0.25, 0.3) is 0 Å². The zero-order chi connectivity index (χ0) is 10.4. The smallest absolute Gasteiger partial charge is 0.109 e. The average Bonchev–Trinajstić information content (AvgIpc) is 2.04. The number of rotatable bonds is 6. The molecular formula is C9H22N2O2. The van der Waals surface area contributed by atoms with Crippen molar-refractivity contribution >= 4 is 0 Å². The Morgan fingerprint density at radius 1 is 1.15 bits per heavy atom. The highest BCUT2D eigenvalue weighted by Gasteiger charge is 2.13. The summed E-state index contributed by atoms with van der Waals surface area (Å²) in [5.74, 6) is 0. The summed E-state index contributed by atoms with van der Waals surface area (Å²) in [6.45, 7) is 4.79. The second-order valence-electron chi connectivity index (χ2n) is 3.50. The van der Waals surface area contributed by atoms with Gasteiger partial charge in [0.15, 0.2) is 0 Å². The van der Waals surface area contributed by atoms with E-state index >= 15 is 0 Å². The zero-order valence-corrected chi connectivity index (χ0v) is 9.32. The predicted octanol–water partition coefficient (Wildman–Crippen LogP) is 0.181. The number of aliphatic hydroxyl groups is 1. The van der Waals surface area contributed by atoms with Crippen molar-refractivity contribution in [3.8, 4) is 0 Å². The predicted molar refractivity (Wildman–Crippen MR) is 53.4 cm³/mol. The van der Waals surface area contributed by atoms with Gasteiger partial charge in [-0.25, -0.2) is 0 Å². The summed E-state index contributed by atoms with van der Waals surface area (Å²) < 4.78 is 5.67. The second kappa shape index (κ2) is 6.32. The normalized spacial score (nSPS) is 16.6. The van der Waals surface area contributed by atoms with Gasteiger partial charge in [-0.3, -0.25) is 9.80 Å². The van der Waals surface area contributed by atoms with Crippen molar-refractivity contribution in [2.45, 2.75) is 26.3 Å². The lowest BCUT2D eigenvalue weighted by Crippen LogP contribution is -2.39. The summed E-state index contributed by atoms with van der Waals surface area (Å²) in [6.07, 6.45) is 0.126. The molecule has 0 fully saturated rings. The van der Waals surface area contributed by atoms with Crippen molar-refractivity contribution in [1.29, 1.82) is 0 Å². The van der Waals surface area contributed by atoms with Crippen LogP contribution >= 0.6 is 0 Å². The summed E-state index contributed by atoms with van der Waals surface area (Å²) in [5, 5.41) is 8.72. The van der Waals surface area contributed by atoms with Gasteiger partial charge in [-0.05, 0) is 35.0 Å². The Balaban J connectivity index is 3.77. The molecule has 2 unspecified atom stereocenters. The third-order valence-corrected chi connectivity index (χ3v) is 2.19. The molecule has 0 saturated heterocycles. The Hall–Kier alpha value is -0.160. The fourth-order valence-electron chi connectivity index (χ4n) is 0.850. The van der Waals surface area contributed by atoms with Crippen LogP contribution in [0.1, 0.15) is 13.8 Å². The molecule has 0 rings (SSSR count). The molecule has 0 bridgehead atoms. The Morgan fingerprint density at radius 3 is 2.08 bits per heavy atom. The van der Waals surface area contributed by atoms with Crippen molar-refractivity contribution in [1.82, 2.24) is 9.80 Å². The van der Waals surface area contributed by atoms with Gasteiger partial charge in [0.1, 0.15) is 12.5 Å². The first kappa shape index (κ1) is 12.8. The third-order valence-electron chi connectivity index (χ3n) is 2.19. The first-order valence-electron chi connectivity index (χ1n) is 4.62. The standard InChI is InChI=1S/C9H22N2O2/c1-8(10(3)4)13-9(2)11(5)6-7-12/h8-9,12H,6-7H2,1-5H3. The molecule has 0 aromatic carbocycles. The van der Waals surface area contributed by atoms with Crippen LogP contribution in [0.2, 0.25) is 0 Å². The number of ether oxygens (including phenoxy) is 1. The minimum absolute atomic E-state index is 0.0320. The highest BCUT2D eigenvalue weighted by molar-refractivity contribution is 4.54.